The second-order valence-electron chi connectivity index (χ2n) is 5.94. The number of anilines is 1. The van der Waals surface area contributed by atoms with Gasteiger partial charge in [-0.25, -0.2) is 13.4 Å². The van der Waals surface area contributed by atoms with E-state index >= 15 is 0 Å². The molecule has 0 bridgehead atoms. The summed E-state index contributed by atoms with van der Waals surface area (Å²) in [6.07, 6.45) is 3.93. The Labute approximate surface area is 151 Å². The molecule has 0 radical (unpaired) electrons. The van der Waals surface area contributed by atoms with Crippen molar-refractivity contribution in [3.8, 4) is 10.6 Å². The largest absolute Gasteiger partial charge is 0.619 e. The van der Waals surface area contributed by atoms with Crippen molar-refractivity contribution in [1.29, 1.82) is 0 Å². The first kappa shape index (κ1) is 19.3. The van der Waals surface area contributed by atoms with E-state index in [-0.39, 0.29) is 11.7 Å². The number of rotatable bonds is 6. The van der Waals surface area contributed by atoms with Gasteiger partial charge in [-0.3, -0.25) is 4.79 Å². The van der Waals surface area contributed by atoms with Gasteiger partial charge >= 0.3 is 0 Å². The Hall–Kier alpha value is -2.00. The molecule has 0 fully saturated rings. The van der Waals surface area contributed by atoms with Gasteiger partial charge in [0.2, 0.25) is 5.91 Å². The van der Waals surface area contributed by atoms with E-state index in [4.69, 9.17) is 0 Å². The molecule has 1 unspecified atom stereocenters. The number of pyridine rings is 1. The molecule has 2 aromatic rings. The Kier molecular flexibility index (Phi) is 5.79. The standard InChI is InChI=1S/C16H21N3O4S2/c1-5-19(15(20)11(2)10-25(4,22)23)16-12(3)17-14(24-16)13-7-6-8-18(21)9-13/h6-9,11H,5,10H2,1-4H3. The lowest BCUT2D eigenvalue weighted by Crippen LogP contribution is -2.37. The molecule has 2 rings (SSSR count). The van der Waals surface area contributed by atoms with Crippen LogP contribution in [0, 0.1) is 18.0 Å². The van der Waals surface area contributed by atoms with Crippen LogP contribution < -0.4 is 9.63 Å². The first-order valence-electron chi connectivity index (χ1n) is 7.78. The van der Waals surface area contributed by atoms with Crippen molar-refractivity contribution in [2.24, 2.45) is 5.92 Å². The third-order valence-electron chi connectivity index (χ3n) is 3.60. The number of aromatic nitrogens is 2. The fourth-order valence-electron chi connectivity index (χ4n) is 2.53. The Morgan fingerprint density at radius 1 is 1.48 bits per heavy atom. The molecular weight excluding hydrogens is 362 g/mol. The summed E-state index contributed by atoms with van der Waals surface area (Å²) in [5.74, 6) is -1.08. The molecule has 0 aliphatic rings. The van der Waals surface area contributed by atoms with Crippen molar-refractivity contribution < 1.29 is 17.9 Å². The number of aryl methyl sites for hydroxylation is 1. The first-order valence-corrected chi connectivity index (χ1v) is 10.7. The Bertz CT molecular complexity index is 877. The van der Waals surface area contributed by atoms with Crippen molar-refractivity contribution in [3.05, 3.63) is 35.4 Å². The smallest absolute Gasteiger partial charge is 0.231 e. The molecule has 7 nitrogen and oxygen atoms in total. The van der Waals surface area contributed by atoms with Gasteiger partial charge in [-0.15, -0.1) is 0 Å². The van der Waals surface area contributed by atoms with Gasteiger partial charge in [0.15, 0.2) is 12.4 Å². The van der Waals surface area contributed by atoms with E-state index < -0.39 is 15.8 Å². The number of thiazole rings is 1. The number of carbonyl (C=O) groups excluding carboxylic acids is 1. The average Bonchev–Trinajstić information content (AvgIpc) is 2.88. The van der Waals surface area contributed by atoms with Gasteiger partial charge in [-0.05, 0) is 19.9 Å². The average molecular weight is 383 g/mol. The minimum Gasteiger partial charge on any atom is -0.619 e. The van der Waals surface area contributed by atoms with Gasteiger partial charge in [-0.1, -0.05) is 18.3 Å². The van der Waals surface area contributed by atoms with E-state index in [0.717, 1.165) is 6.26 Å². The first-order chi connectivity index (χ1) is 11.6. The summed E-state index contributed by atoms with van der Waals surface area (Å²) < 4.78 is 23.6. The van der Waals surface area contributed by atoms with Crippen LogP contribution in [0.2, 0.25) is 0 Å². The van der Waals surface area contributed by atoms with Crippen molar-refractivity contribution in [1.82, 2.24) is 4.98 Å². The molecule has 25 heavy (non-hydrogen) atoms. The SMILES string of the molecule is CCN(C(=O)C(C)CS(C)(=O)=O)c1sc(-c2ccc[n+]([O-])c2)nc1C. The third-order valence-corrected chi connectivity index (χ3v) is 5.93. The summed E-state index contributed by atoms with van der Waals surface area (Å²) in [6, 6.07) is 3.41. The highest BCUT2D eigenvalue weighted by atomic mass is 32.2. The predicted molar refractivity (Wildman–Crippen MR) is 98.1 cm³/mol. The zero-order chi connectivity index (χ0) is 18.8. The Balaban J connectivity index is 2.34. The normalized spacial score (nSPS) is 12.8. The minimum atomic E-state index is -3.24. The monoisotopic (exact) mass is 383 g/mol. The molecule has 1 atom stereocenters. The van der Waals surface area contributed by atoms with Crippen LogP contribution in [0.5, 0.6) is 0 Å². The quantitative estimate of drug-likeness (QED) is 0.560. The van der Waals surface area contributed by atoms with E-state index in [1.54, 1.807) is 30.9 Å². The van der Waals surface area contributed by atoms with Crippen LogP contribution in [-0.2, 0) is 14.6 Å². The molecule has 0 saturated heterocycles. The molecule has 0 aliphatic carbocycles. The number of nitrogens with zero attached hydrogens (tertiary/aromatic N) is 3. The van der Waals surface area contributed by atoms with Gasteiger partial charge in [0.05, 0.1) is 17.0 Å². The van der Waals surface area contributed by atoms with Crippen LogP contribution >= 0.6 is 11.3 Å². The van der Waals surface area contributed by atoms with Crippen LogP contribution in [0.4, 0.5) is 5.00 Å². The van der Waals surface area contributed by atoms with Crippen molar-refractivity contribution in [2.75, 3.05) is 23.5 Å². The van der Waals surface area contributed by atoms with Crippen LogP contribution in [0.3, 0.4) is 0 Å². The van der Waals surface area contributed by atoms with E-state index in [2.05, 4.69) is 4.98 Å². The fraction of sp³-hybridized carbons (Fsp3) is 0.438. The van der Waals surface area contributed by atoms with Gasteiger partial charge in [0.1, 0.15) is 19.8 Å². The maximum Gasteiger partial charge on any atom is 0.231 e. The minimum absolute atomic E-state index is 0.193. The van der Waals surface area contributed by atoms with Gasteiger partial charge < -0.3 is 10.1 Å². The van der Waals surface area contributed by atoms with Gasteiger partial charge in [0, 0.05) is 24.8 Å². The fourth-order valence-corrected chi connectivity index (χ4v) is 4.71. The molecule has 136 valence electrons. The Morgan fingerprint density at radius 3 is 2.72 bits per heavy atom. The maximum absolute atomic E-state index is 12.7. The lowest BCUT2D eigenvalue weighted by atomic mass is 10.2. The number of hydrogen-bond donors (Lipinski definition) is 0. The van der Waals surface area contributed by atoms with Crippen molar-refractivity contribution in [3.63, 3.8) is 0 Å². The van der Waals surface area contributed by atoms with Crippen LogP contribution in [0.25, 0.3) is 10.6 Å². The summed E-state index contributed by atoms with van der Waals surface area (Å²) in [6.45, 7) is 5.64. The summed E-state index contributed by atoms with van der Waals surface area (Å²) in [5, 5.41) is 12.8. The van der Waals surface area contributed by atoms with Crippen molar-refractivity contribution >= 4 is 32.1 Å². The van der Waals surface area contributed by atoms with Crippen LogP contribution in [0.15, 0.2) is 24.5 Å². The molecular formula is C16H21N3O4S2. The van der Waals surface area contributed by atoms with Gasteiger partial charge in [-0.2, -0.15) is 4.73 Å². The zero-order valence-electron chi connectivity index (χ0n) is 14.6. The predicted octanol–water partition coefficient (Wildman–Crippen LogP) is 1.79. The van der Waals surface area contributed by atoms with E-state index in [9.17, 15) is 18.4 Å². The highest BCUT2D eigenvalue weighted by Gasteiger charge is 2.27. The molecule has 0 N–H and O–H groups in total. The van der Waals surface area contributed by atoms with Crippen molar-refractivity contribution in [2.45, 2.75) is 20.8 Å². The lowest BCUT2D eigenvalue weighted by molar-refractivity contribution is -0.604. The Morgan fingerprint density at radius 2 is 2.16 bits per heavy atom. The number of hydrogen-bond acceptors (Lipinski definition) is 6. The summed E-state index contributed by atoms with van der Waals surface area (Å²) in [7, 11) is -3.24. The molecule has 9 heteroatoms. The van der Waals surface area contributed by atoms with E-state index in [1.165, 1.54) is 23.7 Å². The summed E-state index contributed by atoms with van der Waals surface area (Å²) in [5.41, 5.74) is 1.34. The van der Waals surface area contributed by atoms with E-state index in [0.29, 0.717) is 32.5 Å². The molecule has 2 aromatic heterocycles. The van der Waals surface area contributed by atoms with Crippen LogP contribution in [-0.4, -0.2) is 37.9 Å². The maximum atomic E-state index is 12.7. The number of amides is 1. The lowest BCUT2D eigenvalue weighted by Gasteiger charge is -2.23. The summed E-state index contributed by atoms with van der Waals surface area (Å²) >= 11 is 1.31. The molecule has 0 aliphatic heterocycles. The molecule has 2 heterocycles. The highest BCUT2D eigenvalue weighted by molar-refractivity contribution is 7.90. The number of carbonyl (C=O) groups is 1. The third kappa shape index (κ3) is 4.76. The van der Waals surface area contributed by atoms with Crippen LogP contribution in [0.1, 0.15) is 19.5 Å². The summed E-state index contributed by atoms with van der Waals surface area (Å²) in [4.78, 5) is 18.7. The second-order valence-corrected chi connectivity index (χ2v) is 9.10. The molecule has 1 amide bonds. The second kappa shape index (κ2) is 7.49. The molecule has 0 saturated carbocycles. The topological polar surface area (TPSA) is 94.3 Å². The molecule has 0 spiro atoms. The number of sulfone groups is 1. The zero-order valence-corrected chi connectivity index (χ0v) is 16.2. The van der Waals surface area contributed by atoms with E-state index in [1.807, 2.05) is 6.92 Å². The highest BCUT2D eigenvalue weighted by Crippen LogP contribution is 2.34. The molecule has 0 aromatic carbocycles. The van der Waals surface area contributed by atoms with Gasteiger partial charge in [0.25, 0.3) is 0 Å².